The van der Waals surface area contributed by atoms with Crippen LogP contribution in [-0.2, 0) is 0 Å². The molecule has 170 valence electrons. The molecule has 1 fully saturated rings. The molecule has 2 aromatic carbocycles. The summed E-state index contributed by atoms with van der Waals surface area (Å²) < 4.78 is 17.1. The summed E-state index contributed by atoms with van der Waals surface area (Å²) in [5.41, 5.74) is 4.08. The van der Waals surface area contributed by atoms with Crippen LogP contribution in [0.2, 0.25) is 0 Å². The molecule has 0 aliphatic carbocycles. The van der Waals surface area contributed by atoms with E-state index in [9.17, 15) is 9.90 Å². The molecule has 1 aromatic heterocycles. The molecule has 3 heterocycles. The number of hydrogen-bond acceptors (Lipinski definition) is 6. The zero-order chi connectivity index (χ0) is 22.8. The number of methoxy groups -OCH3 is 1. The van der Waals surface area contributed by atoms with E-state index >= 15 is 0 Å². The molecule has 8 nitrogen and oxygen atoms in total. The van der Waals surface area contributed by atoms with Crippen molar-refractivity contribution in [2.75, 3.05) is 32.2 Å². The number of pyridine rings is 1. The summed E-state index contributed by atoms with van der Waals surface area (Å²) in [6, 6.07) is 17.3. The fraction of sp³-hybridized carbons (Fsp3) is 0.280. The highest BCUT2D eigenvalue weighted by molar-refractivity contribution is 5.75. The van der Waals surface area contributed by atoms with Gasteiger partial charge < -0.3 is 29.5 Å². The fourth-order valence-electron chi connectivity index (χ4n) is 4.44. The van der Waals surface area contributed by atoms with Crippen molar-refractivity contribution >= 4 is 17.5 Å². The van der Waals surface area contributed by atoms with Crippen LogP contribution >= 0.6 is 0 Å². The molecule has 8 heteroatoms. The van der Waals surface area contributed by atoms with Crippen LogP contribution in [0.5, 0.6) is 17.4 Å². The predicted molar refractivity (Wildman–Crippen MR) is 124 cm³/mol. The lowest BCUT2D eigenvalue weighted by molar-refractivity contribution is 0.140. The Balaban J connectivity index is 1.42. The van der Waals surface area contributed by atoms with E-state index in [4.69, 9.17) is 19.2 Å². The molecule has 3 aromatic rings. The van der Waals surface area contributed by atoms with Crippen LogP contribution in [0.25, 0.3) is 11.3 Å². The fourth-order valence-corrected chi connectivity index (χ4v) is 4.44. The number of fused-ring (bicyclic) bond motifs is 1. The third-order valence-electron chi connectivity index (χ3n) is 5.94. The van der Waals surface area contributed by atoms with Gasteiger partial charge in [0.1, 0.15) is 18.9 Å². The Morgan fingerprint density at radius 2 is 2.00 bits per heavy atom. The highest BCUT2D eigenvalue weighted by Gasteiger charge is 2.29. The van der Waals surface area contributed by atoms with E-state index in [1.807, 2.05) is 54.6 Å². The first-order valence-corrected chi connectivity index (χ1v) is 10.9. The molecule has 0 bridgehead atoms. The number of carbonyl (C=O) groups is 1. The van der Waals surface area contributed by atoms with Crippen molar-refractivity contribution in [1.29, 1.82) is 0 Å². The van der Waals surface area contributed by atoms with E-state index in [1.54, 1.807) is 7.11 Å². The minimum atomic E-state index is -0.880. The number of hydrogen-bond donors (Lipinski definition) is 2. The molecule has 0 radical (unpaired) electrons. The molecule has 33 heavy (non-hydrogen) atoms. The predicted octanol–water partition coefficient (Wildman–Crippen LogP) is 5.09. The SMILES string of the molecule is COc1nc(-c2cccc3c2OCCO3)ccc1Nc1cccc([C@@H]2CCCN2C(=O)O)c1. The maximum absolute atomic E-state index is 11.6. The lowest BCUT2D eigenvalue weighted by Crippen LogP contribution is -2.28. The lowest BCUT2D eigenvalue weighted by atomic mass is 10.0. The zero-order valence-electron chi connectivity index (χ0n) is 18.3. The van der Waals surface area contributed by atoms with Crippen LogP contribution in [0.1, 0.15) is 24.4 Å². The molecule has 5 rings (SSSR count). The standard InChI is InChI=1S/C25H25N3O5/c1-31-24-20(11-10-19(27-24)18-7-3-9-22-23(18)33-14-13-32-22)26-17-6-2-5-16(15-17)21-8-4-12-28(21)25(29)30/h2-3,5-7,9-11,15,21,26H,4,8,12-14H2,1H3,(H,29,30)/t21-/m0/s1. The quantitative estimate of drug-likeness (QED) is 0.563. The first-order valence-electron chi connectivity index (χ1n) is 10.9. The van der Waals surface area contributed by atoms with Gasteiger partial charge in [-0.15, -0.1) is 0 Å². The molecule has 2 N–H and O–H groups in total. The monoisotopic (exact) mass is 447 g/mol. The van der Waals surface area contributed by atoms with Crippen molar-refractivity contribution in [3.8, 4) is 28.6 Å². The highest BCUT2D eigenvalue weighted by Crippen LogP contribution is 2.41. The Labute approximate surface area is 191 Å². The normalized spacial score (nSPS) is 17.0. The van der Waals surface area contributed by atoms with Gasteiger partial charge in [-0.2, -0.15) is 0 Å². The summed E-state index contributed by atoms with van der Waals surface area (Å²) in [4.78, 5) is 17.7. The Hall–Kier alpha value is -3.94. The van der Waals surface area contributed by atoms with Crippen molar-refractivity contribution in [2.45, 2.75) is 18.9 Å². The molecule has 2 aliphatic rings. The van der Waals surface area contributed by atoms with E-state index in [2.05, 4.69) is 5.32 Å². The summed E-state index contributed by atoms with van der Waals surface area (Å²) in [6.45, 7) is 1.59. The highest BCUT2D eigenvalue weighted by atomic mass is 16.6. The van der Waals surface area contributed by atoms with Gasteiger partial charge in [-0.3, -0.25) is 0 Å². The van der Waals surface area contributed by atoms with Gasteiger partial charge in [-0.05, 0) is 54.8 Å². The first-order chi connectivity index (χ1) is 16.1. The number of aromatic nitrogens is 1. The summed E-state index contributed by atoms with van der Waals surface area (Å²) in [5, 5.41) is 12.8. The number of para-hydroxylation sites is 1. The van der Waals surface area contributed by atoms with E-state index in [0.717, 1.165) is 35.3 Å². The third-order valence-corrected chi connectivity index (χ3v) is 5.94. The van der Waals surface area contributed by atoms with Crippen molar-refractivity contribution < 1.29 is 24.1 Å². The number of rotatable bonds is 5. The first kappa shape index (κ1) is 20.9. The second kappa shape index (κ2) is 8.90. The van der Waals surface area contributed by atoms with Gasteiger partial charge >= 0.3 is 6.09 Å². The zero-order valence-corrected chi connectivity index (χ0v) is 18.3. The minimum Gasteiger partial charge on any atom is -0.486 e. The molecule has 0 saturated carbocycles. The van der Waals surface area contributed by atoms with Gasteiger partial charge in [0.05, 0.1) is 18.8 Å². The number of nitrogens with zero attached hydrogens (tertiary/aromatic N) is 2. The van der Waals surface area contributed by atoms with Gasteiger partial charge in [0, 0.05) is 17.8 Å². The van der Waals surface area contributed by atoms with Crippen LogP contribution in [0.4, 0.5) is 16.2 Å². The molecule has 2 aliphatic heterocycles. The molecule has 1 amide bonds. The maximum Gasteiger partial charge on any atom is 0.407 e. The van der Waals surface area contributed by atoms with Crippen LogP contribution in [0, 0.1) is 0 Å². The second-order valence-corrected chi connectivity index (χ2v) is 7.97. The Morgan fingerprint density at radius 3 is 2.85 bits per heavy atom. The molecule has 1 saturated heterocycles. The number of nitrogens with one attached hydrogen (secondary N) is 1. The van der Waals surface area contributed by atoms with Gasteiger partial charge in [0.2, 0.25) is 5.88 Å². The largest absolute Gasteiger partial charge is 0.486 e. The number of anilines is 2. The van der Waals surface area contributed by atoms with Gasteiger partial charge in [0.15, 0.2) is 11.5 Å². The Kier molecular flexibility index (Phi) is 5.64. The third kappa shape index (κ3) is 4.11. The molecule has 0 spiro atoms. The average Bonchev–Trinajstić information content (AvgIpc) is 3.35. The molecular weight excluding hydrogens is 422 g/mol. The summed E-state index contributed by atoms with van der Waals surface area (Å²) in [7, 11) is 1.58. The molecular formula is C25H25N3O5. The van der Waals surface area contributed by atoms with E-state index < -0.39 is 6.09 Å². The number of amides is 1. The topological polar surface area (TPSA) is 93.2 Å². The van der Waals surface area contributed by atoms with Crippen LogP contribution in [0.15, 0.2) is 54.6 Å². The van der Waals surface area contributed by atoms with Crippen molar-refractivity contribution in [1.82, 2.24) is 9.88 Å². The Morgan fingerprint density at radius 1 is 1.15 bits per heavy atom. The Bertz CT molecular complexity index is 1180. The molecule has 1 atom stereocenters. The van der Waals surface area contributed by atoms with Gasteiger partial charge in [-0.1, -0.05) is 18.2 Å². The summed E-state index contributed by atoms with van der Waals surface area (Å²) in [6.07, 6.45) is 0.809. The average molecular weight is 447 g/mol. The lowest BCUT2D eigenvalue weighted by Gasteiger charge is -2.22. The second-order valence-electron chi connectivity index (χ2n) is 7.97. The van der Waals surface area contributed by atoms with E-state index in [1.165, 1.54) is 4.90 Å². The molecule has 0 unspecified atom stereocenters. The van der Waals surface area contributed by atoms with Crippen molar-refractivity contribution in [3.63, 3.8) is 0 Å². The summed E-state index contributed by atoms with van der Waals surface area (Å²) >= 11 is 0. The van der Waals surface area contributed by atoms with E-state index in [0.29, 0.717) is 42.8 Å². The van der Waals surface area contributed by atoms with Crippen LogP contribution in [0.3, 0.4) is 0 Å². The number of carboxylic acid groups (broad SMARTS) is 1. The maximum atomic E-state index is 11.6. The number of benzene rings is 2. The van der Waals surface area contributed by atoms with E-state index in [-0.39, 0.29) is 6.04 Å². The van der Waals surface area contributed by atoms with Gasteiger partial charge in [0.25, 0.3) is 0 Å². The number of likely N-dealkylation sites (tertiary alicyclic amines) is 1. The van der Waals surface area contributed by atoms with Crippen LogP contribution in [-0.4, -0.2) is 48.0 Å². The smallest absolute Gasteiger partial charge is 0.407 e. The van der Waals surface area contributed by atoms with Crippen molar-refractivity contribution in [3.05, 3.63) is 60.2 Å². The summed E-state index contributed by atoms with van der Waals surface area (Å²) in [5.74, 6) is 1.84. The number of ether oxygens (including phenoxy) is 3. The van der Waals surface area contributed by atoms with Crippen molar-refractivity contribution in [2.24, 2.45) is 0 Å². The minimum absolute atomic E-state index is 0.127. The van der Waals surface area contributed by atoms with Gasteiger partial charge in [-0.25, -0.2) is 9.78 Å². The van der Waals surface area contributed by atoms with Crippen LogP contribution < -0.4 is 19.5 Å².